The van der Waals surface area contributed by atoms with Crippen molar-refractivity contribution < 1.29 is 13.2 Å². The lowest BCUT2D eigenvalue weighted by atomic mass is 10.2. The number of nitrogens with zero attached hydrogens (tertiary/aromatic N) is 1. The predicted molar refractivity (Wildman–Crippen MR) is 89.1 cm³/mol. The summed E-state index contributed by atoms with van der Waals surface area (Å²) in [6, 6.07) is 5.26. The molecule has 0 radical (unpaired) electrons. The molecule has 5 nitrogen and oxygen atoms in total. The number of rotatable bonds is 5. The summed E-state index contributed by atoms with van der Waals surface area (Å²) in [6.45, 7) is 4.65. The molecule has 0 spiro atoms. The third-order valence-electron chi connectivity index (χ3n) is 3.95. The molecule has 1 heterocycles. The van der Waals surface area contributed by atoms with Crippen LogP contribution in [0.3, 0.4) is 0 Å². The van der Waals surface area contributed by atoms with Gasteiger partial charge in [0.25, 0.3) is 0 Å². The van der Waals surface area contributed by atoms with Gasteiger partial charge in [0.05, 0.1) is 18.1 Å². The highest BCUT2D eigenvalue weighted by atomic mass is 35.5. The summed E-state index contributed by atoms with van der Waals surface area (Å²) in [6.07, 6.45) is 0.597. The quantitative estimate of drug-likeness (QED) is 0.888. The lowest BCUT2D eigenvalue weighted by molar-refractivity contribution is -0.117. The fourth-order valence-electron chi connectivity index (χ4n) is 2.67. The number of carbonyl (C=O) groups is 1. The zero-order valence-corrected chi connectivity index (χ0v) is 14.4. The predicted octanol–water partition coefficient (Wildman–Crippen LogP) is 2.10. The maximum absolute atomic E-state index is 12.2. The number of halogens is 1. The van der Waals surface area contributed by atoms with Crippen molar-refractivity contribution >= 4 is 33.0 Å². The van der Waals surface area contributed by atoms with Crippen LogP contribution in [0, 0.1) is 6.92 Å². The Balaban J connectivity index is 1.99. The lowest BCUT2D eigenvalue weighted by Crippen LogP contribution is -2.41. The number of amides is 1. The van der Waals surface area contributed by atoms with Crippen LogP contribution in [0.5, 0.6) is 0 Å². The summed E-state index contributed by atoms with van der Waals surface area (Å²) in [5.41, 5.74) is 1.62. The highest BCUT2D eigenvalue weighted by Crippen LogP contribution is 2.21. The zero-order valence-electron chi connectivity index (χ0n) is 12.8. The van der Waals surface area contributed by atoms with Crippen LogP contribution < -0.4 is 5.32 Å². The topological polar surface area (TPSA) is 66.5 Å². The van der Waals surface area contributed by atoms with E-state index in [9.17, 15) is 13.2 Å². The van der Waals surface area contributed by atoms with E-state index in [1.54, 1.807) is 12.1 Å². The molecule has 122 valence electrons. The van der Waals surface area contributed by atoms with Gasteiger partial charge in [0.15, 0.2) is 9.84 Å². The Bertz CT molecular complexity index is 661. The van der Waals surface area contributed by atoms with Gasteiger partial charge in [0.1, 0.15) is 0 Å². The number of hydrogen-bond donors (Lipinski definition) is 1. The van der Waals surface area contributed by atoms with Gasteiger partial charge in [-0.15, -0.1) is 0 Å². The van der Waals surface area contributed by atoms with E-state index in [2.05, 4.69) is 5.32 Å². The monoisotopic (exact) mass is 344 g/mol. The minimum atomic E-state index is -2.95. The first kappa shape index (κ1) is 17.2. The molecule has 1 amide bonds. The average Bonchev–Trinajstić information content (AvgIpc) is 2.80. The zero-order chi connectivity index (χ0) is 16.3. The molecule has 1 unspecified atom stereocenters. The van der Waals surface area contributed by atoms with Crippen molar-refractivity contribution in [2.75, 3.05) is 29.9 Å². The van der Waals surface area contributed by atoms with Crippen LogP contribution >= 0.6 is 11.6 Å². The highest BCUT2D eigenvalue weighted by molar-refractivity contribution is 7.91. The van der Waals surface area contributed by atoms with E-state index in [0.717, 1.165) is 5.56 Å². The van der Waals surface area contributed by atoms with Crippen molar-refractivity contribution in [3.63, 3.8) is 0 Å². The van der Waals surface area contributed by atoms with Gasteiger partial charge in [-0.25, -0.2) is 8.42 Å². The van der Waals surface area contributed by atoms with Crippen LogP contribution in [-0.2, 0) is 14.6 Å². The van der Waals surface area contributed by atoms with Crippen LogP contribution in [0.2, 0.25) is 5.02 Å². The van der Waals surface area contributed by atoms with E-state index in [1.165, 1.54) is 0 Å². The van der Waals surface area contributed by atoms with Crippen molar-refractivity contribution in [3.8, 4) is 0 Å². The lowest BCUT2D eigenvalue weighted by Gasteiger charge is -2.25. The molecule has 1 aromatic rings. The molecule has 1 aliphatic heterocycles. The van der Waals surface area contributed by atoms with Crippen molar-refractivity contribution in [2.45, 2.75) is 26.3 Å². The Morgan fingerprint density at radius 1 is 1.45 bits per heavy atom. The van der Waals surface area contributed by atoms with E-state index in [1.807, 2.05) is 24.8 Å². The van der Waals surface area contributed by atoms with Gasteiger partial charge in [-0.05, 0) is 37.6 Å². The van der Waals surface area contributed by atoms with Crippen LogP contribution in [-0.4, -0.2) is 49.9 Å². The molecule has 1 atom stereocenters. The maximum Gasteiger partial charge on any atom is 0.238 e. The van der Waals surface area contributed by atoms with Crippen molar-refractivity contribution in [1.29, 1.82) is 0 Å². The second-order valence-corrected chi connectivity index (χ2v) is 8.29. The molecular weight excluding hydrogens is 324 g/mol. The van der Waals surface area contributed by atoms with Crippen molar-refractivity contribution in [1.82, 2.24) is 4.90 Å². The number of sulfone groups is 1. The molecule has 7 heteroatoms. The third kappa shape index (κ3) is 4.44. The third-order valence-corrected chi connectivity index (χ3v) is 5.94. The van der Waals surface area contributed by atoms with Crippen LogP contribution in [0.4, 0.5) is 5.69 Å². The summed E-state index contributed by atoms with van der Waals surface area (Å²) in [7, 11) is -2.95. The smallest absolute Gasteiger partial charge is 0.238 e. The number of likely N-dealkylation sites (N-methyl/N-ethyl adjacent to an activating group) is 1. The SMILES string of the molecule is CCN(CC(=O)Nc1cc(Cl)ccc1C)C1CCS(=O)(=O)C1. The second-order valence-electron chi connectivity index (χ2n) is 5.63. The molecule has 1 fully saturated rings. The molecule has 1 saturated heterocycles. The van der Waals surface area contributed by atoms with Gasteiger partial charge in [-0.2, -0.15) is 0 Å². The first-order valence-electron chi connectivity index (χ1n) is 7.31. The Kier molecular flexibility index (Phi) is 5.47. The fourth-order valence-corrected chi connectivity index (χ4v) is 4.60. The van der Waals surface area contributed by atoms with Crippen LogP contribution in [0.1, 0.15) is 18.9 Å². The minimum Gasteiger partial charge on any atom is -0.325 e. The fraction of sp³-hybridized carbons (Fsp3) is 0.533. The van der Waals surface area contributed by atoms with Crippen molar-refractivity contribution in [2.24, 2.45) is 0 Å². The van der Waals surface area contributed by atoms with Gasteiger partial charge in [0.2, 0.25) is 5.91 Å². The Morgan fingerprint density at radius 3 is 2.77 bits per heavy atom. The maximum atomic E-state index is 12.2. The normalized spacial score (nSPS) is 20.3. The molecule has 1 aromatic carbocycles. The van der Waals surface area contributed by atoms with Crippen LogP contribution in [0.25, 0.3) is 0 Å². The molecule has 2 rings (SSSR count). The molecule has 1 aliphatic rings. The summed E-state index contributed by atoms with van der Waals surface area (Å²) in [4.78, 5) is 14.1. The number of nitrogens with one attached hydrogen (secondary N) is 1. The Morgan fingerprint density at radius 2 is 2.18 bits per heavy atom. The highest BCUT2D eigenvalue weighted by Gasteiger charge is 2.32. The van der Waals surface area contributed by atoms with Gasteiger partial charge >= 0.3 is 0 Å². The number of anilines is 1. The van der Waals surface area contributed by atoms with E-state index in [4.69, 9.17) is 11.6 Å². The Labute approximate surface area is 136 Å². The number of carbonyl (C=O) groups excluding carboxylic acids is 1. The molecule has 0 bridgehead atoms. The largest absolute Gasteiger partial charge is 0.325 e. The molecule has 0 saturated carbocycles. The molecule has 0 aliphatic carbocycles. The summed E-state index contributed by atoms with van der Waals surface area (Å²) in [5.74, 6) is 0.199. The van der Waals surface area contributed by atoms with Gasteiger partial charge in [-0.1, -0.05) is 24.6 Å². The summed E-state index contributed by atoms with van der Waals surface area (Å²) >= 11 is 5.94. The molecule has 0 aromatic heterocycles. The number of hydrogen-bond acceptors (Lipinski definition) is 4. The first-order chi connectivity index (χ1) is 10.3. The number of benzene rings is 1. The van der Waals surface area contributed by atoms with Gasteiger partial charge in [0, 0.05) is 16.8 Å². The van der Waals surface area contributed by atoms with Gasteiger partial charge in [-0.3, -0.25) is 9.69 Å². The minimum absolute atomic E-state index is 0.0683. The number of aryl methyl sites for hydroxylation is 1. The standard InChI is InChI=1S/C15H21ClN2O3S/c1-3-18(13-6-7-22(20,21)10-13)9-15(19)17-14-8-12(16)5-4-11(14)2/h4-5,8,13H,3,6-7,9-10H2,1-2H3,(H,17,19). The van der Waals surface area contributed by atoms with E-state index >= 15 is 0 Å². The Hall–Kier alpha value is -1.11. The van der Waals surface area contributed by atoms with Crippen molar-refractivity contribution in [3.05, 3.63) is 28.8 Å². The summed E-state index contributed by atoms with van der Waals surface area (Å²) in [5, 5.41) is 3.41. The first-order valence-corrected chi connectivity index (χ1v) is 9.51. The second kappa shape index (κ2) is 6.98. The molecular formula is C15H21ClN2O3S. The van der Waals surface area contributed by atoms with Crippen LogP contribution in [0.15, 0.2) is 18.2 Å². The van der Waals surface area contributed by atoms with E-state index < -0.39 is 9.84 Å². The molecule has 22 heavy (non-hydrogen) atoms. The molecule has 1 N–H and O–H groups in total. The average molecular weight is 345 g/mol. The van der Waals surface area contributed by atoms with E-state index in [-0.39, 0.29) is 30.0 Å². The summed E-state index contributed by atoms with van der Waals surface area (Å²) < 4.78 is 23.2. The van der Waals surface area contributed by atoms with Gasteiger partial charge < -0.3 is 5.32 Å². The van der Waals surface area contributed by atoms with E-state index in [0.29, 0.717) is 23.7 Å².